The van der Waals surface area contributed by atoms with Gasteiger partial charge < -0.3 is 5.32 Å². The van der Waals surface area contributed by atoms with Gasteiger partial charge in [-0.25, -0.2) is 0 Å². The van der Waals surface area contributed by atoms with Gasteiger partial charge in [0.25, 0.3) is 0 Å². The van der Waals surface area contributed by atoms with Crippen molar-refractivity contribution in [2.24, 2.45) is 11.8 Å². The molecular formula is C13H24N2O2. The summed E-state index contributed by atoms with van der Waals surface area (Å²) in [7, 11) is 0. The molecule has 1 aliphatic heterocycles. The Hall–Kier alpha value is -0.900. The number of carbonyl (C=O) groups is 2. The predicted octanol–water partition coefficient (Wildman–Crippen LogP) is 1.41. The summed E-state index contributed by atoms with van der Waals surface area (Å²) in [6.07, 6.45) is 1.15. The van der Waals surface area contributed by atoms with Crippen LogP contribution in [-0.2, 0) is 9.59 Å². The second kappa shape index (κ2) is 6.15. The van der Waals surface area contributed by atoms with Gasteiger partial charge in [-0.05, 0) is 24.8 Å². The number of hydrogen-bond acceptors (Lipinski definition) is 3. The Bertz CT molecular complexity index is 289. The lowest BCUT2D eigenvalue weighted by Gasteiger charge is -2.19. The topological polar surface area (TPSA) is 49.4 Å². The maximum atomic E-state index is 11.9. The minimum Gasteiger partial charge on any atom is -0.305 e. The molecule has 1 fully saturated rings. The highest BCUT2D eigenvalue weighted by molar-refractivity contribution is 6.05. The molecule has 1 aliphatic rings. The quantitative estimate of drug-likeness (QED) is 0.714. The van der Waals surface area contributed by atoms with E-state index in [-0.39, 0.29) is 17.9 Å². The highest BCUT2D eigenvalue weighted by Crippen LogP contribution is 2.15. The van der Waals surface area contributed by atoms with Crippen LogP contribution in [0.2, 0.25) is 0 Å². The van der Waals surface area contributed by atoms with Crippen molar-refractivity contribution in [3.63, 3.8) is 0 Å². The minimum atomic E-state index is -0.296. The van der Waals surface area contributed by atoms with E-state index in [0.29, 0.717) is 24.8 Å². The summed E-state index contributed by atoms with van der Waals surface area (Å²) in [4.78, 5) is 24.9. The molecule has 1 N–H and O–H groups in total. The molecule has 98 valence electrons. The number of nitrogens with one attached hydrogen (secondary N) is 1. The van der Waals surface area contributed by atoms with Crippen molar-refractivity contribution >= 4 is 11.8 Å². The summed E-state index contributed by atoms with van der Waals surface area (Å²) in [5.41, 5.74) is 0. The lowest BCUT2D eigenvalue weighted by atomic mass is 9.98. The first-order valence-corrected chi connectivity index (χ1v) is 6.55. The van der Waals surface area contributed by atoms with E-state index in [9.17, 15) is 9.59 Å². The second-order valence-electron chi connectivity index (χ2n) is 5.27. The van der Waals surface area contributed by atoms with Gasteiger partial charge in [0.05, 0.1) is 12.5 Å². The van der Waals surface area contributed by atoms with E-state index >= 15 is 0 Å². The molecule has 0 aliphatic carbocycles. The first kappa shape index (κ1) is 14.2. The van der Waals surface area contributed by atoms with Crippen molar-refractivity contribution in [2.75, 3.05) is 13.1 Å². The summed E-state index contributed by atoms with van der Waals surface area (Å²) in [5, 5.41) is 3.22. The summed E-state index contributed by atoms with van der Waals surface area (Å²) in [6.45, 7) is 9.80. The van der Waals surface area contributed by atoms with Gasteiger partial charge in [-0.1, -0.05) is 27.7 Å². The van der Waals surface area contributed by atoms with Gasteiger partial charge in [0.15, 0.2) is 0 Å². The van der Waals surface area contributed by atoms with Crippen LogP contribution >= 0.6 is 0 Å². The zero-order valence-corrected chi connectivity index (χ0v) is 11.3. The number of carbonyl (C=O) groups excluding carboxylic acids is 2. The number of rotatable bonds is 6. The highest BCUT2D eigenvalue weighted by atomic mass is 16.2. The largest absolute Gasteiger partial charge is 0.305 e. The van der Waals surface area contributed by atoms with E-state index in [4.69, 9.17) is 0 Å². The number of imide groups is 1. The van der Waals surface area contributed by atoms with Gasteiger partial charge in [0, 0.05) is 6.54 Å². The van der Waals surface area contributed by atoms with Gasteiger partial charge in [-0.15, -0.1) is 0 Å². The zero-order chi connectivity index (χ0) is 13.0. The Morgan fingerprint density at radius 3 is 2.53 bits per heavy atom. The number of hydrogen-bond donors (Lipinski definition) is 1. The fourth-order valence-electron chi connectivity index (χ4n) is 1.86. The highest BCUT2D eigenvalue weighted by Gasteiger charge is 2.37. The third-order valence-corrected chi connectivity index (χ3v) is 3.52. The van der Waals surface area contributed by atoms with Crippen LogP contribution in [0, 0.1) is 11.8 Å². The second-order valence-corrected chi connectivity index (χ2v) is 5.27. The molecule has 0 bridgehead atoms. The molecule has 4 nitrogen and oxygen atoms in total. The smallest absolute Gasteiger partial charge is 0.246 e. The third kappa shape index (κ3) is 3.53. The van der Waals surface area contributed by atoms with Crippen LogP contribution in [0.15, 0.2) is 0 Å². The van der Waals surface area contributed by atoms with E-state index in [1.165, 1.54) is 4.90 Å². The fraction of sp³-hybridized carbons (Fsp3) is 0.846. The first-order valence-electron chi connectivity index (χ1n) is 6.55. The van der Waals surface area contributed by atoms with Crippen LogP contribution in [-0.4, -0.2) is 35.8 Å². The summed E-state index contributed by atoms with van der Waals surface area (Å²) in [6, 6.07) is -0.296. The molecule has 1 saturated heterocycles. The van der Waals surface area contributed by atoms with Gasteiger partial charge in [-0.2, -0.15) is 0 Å². The predicted molar refractivity (Wildman–Crippen MR) is 67.4 cm³/mol. The summed E-state index contributed by atoms with van der Waals surface area (Å²) in [5.74, 6) is 1.01. The van der Waals surface area contributed by atoms with Gasteiger partial charge >= 0.3 is 0 Å². The molecule has 0 aromatic heterocycles. The molecule has 1 heterocycles. The van der Waals surface area contributed by atoms with Crippen LogP contribution < -0.4 is 5.32 Å². The maximum absolute atomic E-state index is 11.9. The van der Waals surface area contributed by atoms with Gasteiger partial charge in [0.1, 0.15) is 0 Å². The molecule has 1 rings (SSSR count). The third-order valence-electron chi connectivity index (χ3n) is 3.52. The average molecular weight is 240 g/mol. The lowest BCUT2D eigenvalue weighted by molar-refractivity contribution is -0.138. The van der Waals surface area contributed by atoms with Crippen molar-refractivity contribution in [3.05, 3.63) is 0 Å². The minimum absolute atomic E-state index is 0.0356. The lowest BCUT2D eigenvalue weighted by Crippen LogP contribution is -2.41. The first-order chi connectivity index (χ1) is 7.97. The Morgan fingerprint density at radius 2 is 2.00 bits per heavy atom. The van der Waals surface area contributed by atoms with E-state index in [1.54, 1.807) is 0 Å². The SMILES string of the molecule is CCCN1C(=O)CC(NCC(C)C(C)C)C1=O. The van der Waals surface area contributed by atoms with Crippen molar-refractivity contribution in [2.45, 2.75) is 46.6 Å². The summed E-state index contributed by atoms with van der Waals surface area (Å²) >= 11 is 0. The maximum Gasteiger partial charge on any atom is 0.246 e. The van der Waals surface area contributed by atoms with Crippen LogP contribution in [0.1, 0.15) is 40.5 Å². The van der Waals surface area contributed by atoms with E-state index in [2.05, 4.69) is 26.1 Å². The normalized spacial score (nSPS) is 22.6. The molecule has 4 heteroatoms. The van der Waals surface area contributed by atoms with Crippen molar-refractivity contribution < 1.29 is 9.59 Å². The average Bonchev–Trinajstić information content (AvgIpc) is 2.53. The Labute approximate surface area is 104 Å². The molecule has 17 heavy (non-hydrogen) atoms. The van der Waals surface area contributed by atoms with Crippen LogP contribution in [0.5, 0.6) is 0 Å². The molecule has 2 amide bonds. The molecule has 0 aromatic carbocycles. The van der Waals surface area contributed by atoms with Crippen molar-refractivity contribution in [3.8, 4) is 0 Å². The standard InChI is InChI=1S/C13H24N2O2/c1-5-6-15-12(16)7-11(13(15)17)14-8-10(4)9(2)3/h9-11,14H,5-8H2,1-4H3. The van der Waals surface area contributed by atoms with Crippen LogP contribution in [0.25, 0.3) is 0 Å². The molecule has 0 spiro atoms. The molecule has 0 radical (unpaired) electrons. The number of amides is 2. The van der Waals surface area contributed by atoms with E-state index < -0.39 is 0 Å². The van der Waals surface area contributed by atoms with E-state index in [1.807, 2.05) is 6.92 Å². The number of likely N-dealkylation sites (tertiary alicyclic amines) is 1. The monoisotopic (exact) mass is 240 g/mol. The van der Waals surface area contributed by atoms with Crippen LogP contribution in [0.3, 0.4) is 0 Å². The van der Waals surface area contributed by atoms with Gasteiger partial charge in [-0.3, -0.25) is 14.5 Å². The van der Waals surface area contributed by atoms with Crippen molar-refractivity contribution in [1.29, 1.82) is 0 Å². The van der Waals surface area contributed by atoms with E-state index in [0.717, 1.165) is 13.0 Å². The molecular weight excluding hydrogens is 216 g/mol. The molecule has 2 atom stereocenters. The molecule has 0 aromatic rings. The Kier molecular flexibility index (Phi) is 5.12. The van der Waals surface area contributed by atoms with Crippen LogP contribution in [0.4, 0.5) is 0 Å². The Balaban J connectivity index is 2.46. The Morgan fingerprint density at radius 1 is 1.35 bits per heavy atom. The zero-order valence-electron chi connectivity index (χ0n) is 11.3. The van der Waals surface area contributed by atoms with Crippen molar-refractivity contribution in [1.82, 2.24) is 10.2 Å². The summed E-state index contributed by atoms with van der Waals surface area (Å²) < 4.78 is 0. The molecule has 0 saturated carbocycles. The number of nitrogens with zero attached hydrogens (tertiary/aromatic N) is 1. The van der Waals surface area contributed by atoms with Gasteiger partial charge in [0.2, 0.25) is 11.8 Å². The molecule has 2 unspecified atom stereocenters. The fourth-order valence-corrected chi connectivity index (χ4v) is 1.86.